The molecule has 4 N–H and O–H groups in total. The van der Waals surface area contributed by atoms with Crippen molar-refractivity contribution in [3.63, 3.8) is 0 Å². The normalized spacial score (nSPS) is 9.47. The lowest BCUT2D eigenvalue weighted by Gasteiger charge is -2.07. The minimum Gasteiger partial charge on any atom is -0.484 e. The topological polar surface area (TPSA) is 93.5 Å². The van der Waals surface area contributed by atoms with Crippen molar-refractivity contribution >= 4 is 17.6 Å². The summed E-state index contributed by atoms with van der Waals surface area (Å²) in [7, 11) is 0. The first kappa shape index (κ1) is 12.8. The van der Waals surface area contributed by atoms with Crippen molar-refractivity contribution in [2.45, 2.75) is 6.92 Å². The summed E-state index contributed by atoms with van der Waals surface area (Å²) >= 11 is 0. The molecule has 1 aromatic carbocycles. The minimum absolute atomic E-state index is 0.236. The van der Waals surface area contributed by atoms with Crippen LogP contribution in [0.15, 0.2) is 24.3 Å². The Bertz CT molecular complexity index is 407. The summed E-state index contributed by atoms with van der Waals surface area (Å²) in [5.41, 5.74) is 6.09. The van der Waals surface area contributed by atoms with Crippen molar-refractivity contribution in [3.05, 3.63) is 24.3 Å². The number of nitrogens with two attached hydrogens (primary N) is 1. The molecule has 0 aliphatic carbocycles. The average Bonchev–Trinajstić information content (AvgIpc) is 2.27. The Morgan fingerprint density at radius 1 is 1.41 bits per heavy atom. The molecule has 0 radical (unpaired) electrons. The molecule has 0 bridgehead atoms. The number of nitrogen functional groups attached to an aromatic ring is 1. The summed E-state index contributed by atoms with van der Waals surface area (Å²) in [6, 6.07) is 6.16. The minimum atomic E-state index is -0.534. The quantitative estimate of drug-likeness (QED) is 0.664. The third kappa shape index (κ3) is 4.87. The van der Waals surface area contributed by atoms with Crippen LogP contribution in [0.3, 0.4) is 0 Å². The number of amides is 3. The molecule has 0 spiro atoms. The van der Waals surface area contributed by atoms with Crippen LogP contribution in [-0.2, 0) is 4.79 Å². The van der Waals surface area contributed by atoms with E-state index in [1.165, 1.54) is 0 Å². The van der Waals surface area contributed by atoms with Crippen LogP contribution in [0, 0.1) is 0 Å². The maximum absolute atomic E-state index is 11.3. The Hall–Kier alpha value is -2.24. The molecule has 0 fully saturated rings. The van der Waals surface area contributed by atoms with Crippen LogP contribution in [0.25, 0.3) is 0 Å². The van der Waals surface area contributed by atoms with E-state index < -0.39 is 11.9 Å². The summed E-state index contributed by atoms with van der Waals surface area (Å²) < 4.78 is 5.16. The van der Waals surface area contributed by atoms with Crippen molar-refractivity contribution in [3.8, 4) is 5.75 Å². The number of hydrogen-bond donors (Lipinski definition) is 3. The van der Waals surface area contributed by atoms with E-state index in [0.29, 0.717) is 18.0 Å². The van der Waals surface area contributed by atoms with Gasteiger partial charge in [-0.05, 0) is 19.1 Å². The number of anilines is 1. The molecule has 6 nitrogen and oxygen atoms in total. The van der Waals surface area contributed by atoms with Crippen LogP contribution in [0.1, 0.15) is 6.92 Å². The van der Waals surface area contributed by atoms with E-state index in [-0.39, 0.29) is 6.61 Å². The Balaban J connectivity index is 2.35. The lowest BCUT2D eigenvalue weighted by atomic mass is 10.3. The molecule has 92 valence electrons. The van der Waals surface area contributed by atoms with Crippen molar-refractivity contribution < 1.29 is 14.3 Å². The number of nitrogens with one attached hydrogen (secondary N) is 2. The molecular weight excluding hydrogens is 222 g/mol. The first-order chi connectivity index (χ1) is 8.11. The van der Waals surface area contributed by atoms with E-state index in [4.69, 9.17) is 10.5 Å². The number of benzene rings is 1. The standard InChI is InChI=1S/C11H15N3O3/c1-2-13-11(16)14-10(15)7-17-9-5-3-4-8(12)6-9/h3-6H,2,7,12H2,1H3,(H2,13,14,15,16). The number of rotatable bonds is 4. The molecule has 0 unspecified atom stereocenters. The number of urea groups is 1. The van der Waals surface area contributed by atoms with E-state index in [1.54, 1.807) is 31.2 Å². The summed E-state index contributed by atoms with van der Waals surface area (Å²) in [4.78, 5) is 22.3. The molecule has 17 heavy (non-hydrogen) atoms. The van der Waals surface area contributed by atoms with Gasteiger partial charge in [-0.15, -0.1) is 0 Å². The summed E-state index contributed by atoms with van der Waals surface area (Å²) in [6.45, 7) is 1.98. The van der Waals surface area contributed by atoms with E-state index in [1.807, 2.05) is 0 Å². The van der Waals surface area contributed by atoms with Gasteiger partial charge in [0.05, 0.1) is 0 Å². The third-order valence-electron chi connectivity index (χ3n) is 1.82. The second kappa shape index (κ2) is 6.37. The predicted molar refractivity (Wildman–Crippen MR) is 63.6 cm³/mol. The number of carbonyl (C=O) groups is 2. The van der Waals surface area contributed by atoms with Gasteiger partial charge < -0.3 is 15.8 Å². The van der Waals surface area contributed by atoms with Crippen molar-refractivity contribution in [1.29, 1.82) is 0 Å². The Labute approximate surface area is 99.1 Å². The lowest BCUT2D eigenvalue weighted by Crippen LogP contribution is -2.41. The highest BCUT2D eigenvalue weighted by atomic mass is 16.5. The highest BCUT2D eigenvalue weighted by Gasteiger charge is 2.07. The Kier molecular flexibility index (Phi) is 4.80. The second-order valence-electron chi connectivity index (χ2n) is 3.27. The van der Waals surface area contributed by atoms with Crippen LogP contribution in [0.5, 0.6) is 5.75 Å². The van der Waals surface area contributed by atoms with Gasteiger partial charge >= 0.3 is 6.03 Å². The predicted octanol–water partition coefficient (Wildman–Crippen LogP) is 0.493. The van der Waals surface area contributed by atoms with Crippen molar-refractivity contribution in [2.24, 2.45) is 0 Å². The maximum atomic E-state index is 11.3. The van der Waals surface area contributed by atoms with Gasteiger partial charge in [-0.1, -0.05) is 6.07 Å². The van der Waals surface area contributed by atoms with Gasteiger partial charge in [-0.3, -0.25) is 10.1 Å². The van der Waals surface area contributed by atoms with Gasteiger partial charge in [0.2, 0.25) is 0 Å². The van der Waals surface area contributed by atoms with Crippen LogP contribution in [-0.4, -0.2) is 25.1 Å². The molecule has 3 amide bonds. The van der Waals surface area contributed by atoms with Gasteiger partial charge in [-0.2, -0.15) is 0 Å². The summed E-state index contributed by atoms with van der Waals surface area (Å²) in [5, 5.41) is 4.56. The van der Waals surface area contributed by atoms with Crippen molar-refractivity contribution in [2.75, 3.05) is 18.9 Å². The smallest absolute Gasteiger partial charge is 0.321 e. The van der Waals surface area contributed by atoms with Crippen LogP contribution < -0.4 is 21.1 Å². The molecule has 1 rings (SSSR count). The first-order valence-corrected chi connectivity index (χ1v) is 5.18. The highest BCUT2D eigenvalue weighted by Crippen LogP contribution is 2.13. The van der Waals surface area contributed by atoms with E-state index >= 15 is 0 Å². The molecule has 6 heteroatoms. The number of carbonyl (C=O) groups excluding carboxylic acids is 2. The van der Waals surface area contributed by atoms with Crippen LogP contribution in [0.2, 0.25) is 0 Å². The highest BCUT2D eigenvalue weighted by molar-refractivity contribution is 5.94. The molecular formula is C11H15N3O3. The number of imide groups is 1. The molecule has 0 heterocycles. The van der Waals surface area contributed by atoms with Crippen LogP contribution >= 0.6 is 0 Å². The zero-order valence-electron chi connectivity index (χ0n) is 9.53. The number of hydrogen-bond acceptors (Lipinski definition) is 4. The van der Waals surface area contributed by atoms with E-state index in [9.17, 15) is 9.59 Å². The number of ether oxygens (including phenoxy) is 1. The fraction of sp³-hybridized carbons (Fsp3) is 0.273. The van der Waals surface area contributed by atoms with E-state index in [2.05, 4.69) is 10.6 Å². The fourth-order valence-corrected chi connectivity index (χ4v) is 1.12. The van der Waals surface area contributed by atoms with Crippen LogP contribution in [0.4, 0.5) is 10.5 Å². The molecule has 0 aliphatic rings. The zero-order valence-corrected chi connectivity index (χ0v) is 9.53. The molecule has 0 saturated carbocycles. The Morgan fingerprint density at radius 2 is 2.18 bits per heavy atom. The first-order valence-electron chi connectivity index (χ1n) is 5.18. The SMILES string of the molecule is CCNC(=O)NC(=O)COc1cccc(N)c1. The van der Waals surface area contributed by atoms with Gasteiger partial charge in [0.15, 0.2) is 6.61 Å². The summed E-state index contributed by atoms with van der Waals surface area (Å²) in [5.74, 6) is -0.0329. The maximum Gasteiger partial charge on any atom is 0.321 e. The zero-order chi connectivity index (χ0) is 12.7. The molecule has 0 saturated heterocycles. The third-order valence-corrected chi connectivity index (χ3v) is 1.82. The van der Waals surface area contributed by atoms with E-state index in [0.717, 1.165) is 0 Å². The van der Waals surface area contributed by atoms with Gasteiger partial charge in [0.25, 0.3) is 5.91 Å². The lowest BCUT2D eigenvalue weighted by molar-refractivity contribution is -0.122. The average molecular weight is 237 g/mol. The summed E-state index contributed by atoms with van der Waals surface area (Å²) in [6.07, 6.45) is 0. The van der Waals surface area contributed by atoms with Gasteiger partial charge in [0.1, 0.15) is 5.75 Å². The largest absolute Gasteiger partial charge is 0.484 e. The van der Waals surface area contributed by atoms with Crippen molar-refractivity contribution in [1.82, 2.24) is 10.6 Å². The second-order valence-corrected chi connectivity index (χ2v) is 3.27. The molecule has 1 aromatic rings. The molecule has 0 aliphatic heterocycles. The molecule has 0 aromatic heterocycles. The Morgan fingerprint density at radius 3 is 2.82 bits per heavy atom. The van der Waals surface area contributed by atoms with Gasteiger partial charge in [0, 0.05) is 18.3 Å². The fourth-order valence-electron chi connectivity index (χ4n) is 1.12. The monoisotopic (exact) mass is 237 g/mol. The van der Waals surface area contributed by atoms with Gasteiger partial charge in [-0.25, -0.2) is 4.79 Å². The molecule has 0 atom stereocenters.